The van der Waals surface area contributed by atoms with Crippen LogP contribution in [0.2, 0.25) is 0 Å². The Morgan fingerprint density at radius 2 is 2.08 bits per heavy atom. The molecule has 2 heterocycles. The van der Waals surface area contributed by atoms with E-state index in [2.05, 4.69) is 16.0 Å². The zero-order chi connectivity index (χ0) is 16.8. The number of carbonyl (C=O) groups is 2. The maximum Gasteiger partial charge on any atom is 0.256 e. The predicted molar refractivity (Wildman–Crippen MR) is 96.6 cm³/mol. The van der Waals surface area contributed by atoms with Crippen LogP contribution in [0.4, 0.5) is 5.69 Å². The summed E-state index contributed by atoms with van der Waals surface area (Å²) < 4.78 is 0. The van der Waals surface area contributed by atoms with Crippen LogP contribution >= 0.6 is 11.3 Å². The molecule has 5 nitrogen and oxygen atoms in total. The van der Waals surface area contributed by atoms with Crippen molar-refractivity contribution in [2.75, 3.05) is 25.0 Å². The first-order valence-corrected chi connectivity index (χ1v) is 9.10. The Balaban J connectivity index is 1.64. The van der Waals surface area contributed by atoms with Crippen molar-refractivity contribution in [2.24, 2.45) is 5.92 Å². The van der Waals surface area contributed by atoms with Crippen molar-refractivity contribution in [3.05, 3.63) is 52.2 Å². The van der Waals surface area contributed by atoms with Crippen molar-refractivity contribution in [1.82, 2.24) is 10.6 Å². The largest absolute Gasteiger partial charge is 0.352 e. The minimum atomic E-state index is -0.201. The summed E-state index contributed by atoms with van der Waals surface area (Å²) in [6, 6.07) is 8.86. The van der Waals surface area contributed by atoms with Gasteiger partial charge < -0.3 is 16.0 Å². The Morgan fingerprint density at radius 1 is 1.21 bits per heavy atom. The fraction of sp³-hybridized carbons (Fsp3) is 0.333. The number of thiophene rings is 1. The lowest BCUT2D eigenvalue weighted by Gasteiger charge is -2.23. The highest BCUT2D eigenvalue weighted by atomic mass is 32.1. The quantitative estimate of drug-likeness (QED) is 0.782. The second kappa shape index (κ2) is 8.08. The zero-order valence-electron chi connectivity index (χ0n) is 13.4. The van der Waals surface area contributed by atoms with Gasteiger partial charge in [-0.2, -0.15) is 11.3 Å². The van der Waals surface area contributed by atoms with Gasteiger partial charge in [-0.15, -0.1) is 0 Å². The standard InChI is InChI=1S/C18H21N3O2S/c22-17(14-7-9-24-12-14)21-16-6-2-1-5-15(16)18(23)20-11-13-4-3-8-19-10-13/h1-2,5-7,9,12-13,19H,3-4,8,10-11H2,(H,20,23)(H,21,22). The maximum absolute atomic E-state index is 12.5. The molecule has 1 saturated heterocycles. The van der Waals surface area contributed by atoms with Gasteiger partial charge in [-0.3, -0.25) is 9.59 Å². The smallest absolute Gasteiger partial charge is 0.256 e. The van der Waals surface area contributed by atoms with Crippen LogP contribution in [0.5, 0.6) is 0 Å². The molecule has 6 heteroatoms. The summed E-state index contributed by atoms with van der Waals surface area (Å²) in [7, 11) is 0. The molecule has 3 N–H and O–H groups in total. The SMILES string of the molecule is O=C(Nc1ccccc1C(=O)NCC1CCCNC1)c1ccsc1. The molecule has 2 aromatic rings. The van der Waals surface area contributed by atoms with Crippen LogP contribution in [0.25, 0.3) is 0 Å². The van der Waals surface area contributed by atoms with Crippen LogP contribution in [0.3, 0.4) is 0 Å². The topological polar surface area (TPSA) is 70.2 Å². The highest BCUT2D eigenvalue weighted by molar-refractivity contribution is 7.08. The van der Waals surface area contributed by atoms with E-state index in [-0.39, 0.29) is 11.8 Å². The van der Waals surface area contributed by atoms with Gasteiger partial charge in [0, 0.05) is 11.9 Å². The average Bonchev–Trinajstić information content (AvgIpc) is 3.16. The molecule has 0 radical (unpaired) electrons. The Bertz CT molecular complexity index is 694. The normalized spacial score (nSPS) is 17.2. The van der Waals surface area contributed by atoms with E-state index in [1.165, 1.54) is 11.3 Å². The van der Waals surface area contributed by atoms with Crippen LogP contribution < -0.4 is 16.0 Å². The van der Waals surface area contributed by atoms with Gasteiger partial charge in [-0.25, -0.2) is 0 Å². The van der Waals surface area contributed by atoms with Crippen LogP contribution in [-0.2, 0) is 0 Å². The molecule has 2 amide bonds. The third-order valence-electron chi connectivity index (χ3n) is 4.15. The molecule has 1 aromatic heterocycles. The second-order valence-corrected chi connectivity index (χ2v) is 6.71. The van der Waals surface area contributed by atoms with E-state index >= 15 is 0 Å². The molecule has 1 fully saturated rings. The van der Waals surface area contributed by atoms with Gasteiger partial charge in [0.25, 0.3) is 11.8 Å². The fourth-order valence-corrected chi connectivity index (χ4v) is 3.44. The highest BCUT2D eigenvalue weighted by Crippen LogP contribution is 2.17. The van der Waals surface area contributed by atoms with Crippen LogP contribution in [0.15, 0.2) is 41.1 Å². The molecule has 3 rings (SSSR count). The molecule has 126 valence electrons. The molecule has 1 aliphatic rings. The summed E-state index contributed by atoms with van der Waals surface area (Å²) >= 11 is 1.47. The van der Waals surface area contributed by atoms with E-state index in [0.717, 1.165) is 25.9 Å². The van der Waals surface area contributed by atoms with Crippen molar-refractivity contribution >= 4 is 28.8 Å². The minimum Gasteiger partial charge on any atom is -0.352 e. The predicted octanol–water partition coefficient (Wildman–Crippen LogP) is 2.73. The Hall–Kier alpha value is -2.18. The number of carbonyl (C=O) groups excluding carboxylic acids is 2. The lowest BCUT2D eigenvalue weighted by molar-refractivity contribution is 0.0945. The highest BCUT2D eigenvalue weighted by Gasteiger charge is 2.17. The first-order valence-electron chi connectivity index (χ1n) is 8.15. The lowest BCUT2D eigenvalue weighted by Crippen LogP contribution is -2.38. The molecule has 1 aromatic carbocycles. The number of piperidine rings is 1. The number of para-hydroxylation sites is 1. The van der Waals surface area contributed by atoms with E-state index in [4.69, 9.17) is 0 Å². The molecule has 24 heavy (non-hydrogen) atoms. The number of benzene rings is 1. The molecule has 0 saturated carbocycles. The van der Waals surface area contributed by atoms with E-state index in [9.17, 15) is 9.59 Å². The number of nitrogens with one attached hydrogen (secondary N) is 3. The zero-order valence-corrected chi connectivity index (χ0v) is 14.2. The summed E-state index contributed by atoms with van der Waals surface area (Å²) in [5.41, 5.74) is 1.63. The molecular weight excluding hydrogens is 322 g/mol. The summed E-state index contributed by atoms with van der Waals surface area (Å²) in [5.74, 6) is 0.116. The minimum absolute atomic E-state index is 0.151. The molecule has 0 spiro atoms. The summed E-state index contributed by atoms with van der Waals surface area (Å²) in [5, 5.41) is 12.8. The number of rotatable bonds is 5. The van der Waals surface area contributed by atoms with Crippen LogP contribution in [0.1, 0.15) is 33.6 Å². The molecular formula is C18H21N3O2S. The van der Waals surface area contributed by atoms with Gasteiger partial charge in [-0.1, -0.05) is 12.1 Å². The average molecular weight is 343 g/mol. The molecule has 1 atom stereocenters. The van der Waals surface area contributed by atoms with Gasteiger partial charge >= 0.3 is 0 Å². The number of anilines is 1. The van der Waals surface area contributed by atoms with Gasteiger partial charge in [0.1, 0.15) is 0 Å². The first kappa shape index (κ1) is 16.7. The molecule has 0 aliphatic carbocycles. The van der Waals surface area contributed by atoms with Gasteiger partial charge in [0.05, 0.1) is 16.8 Å². The molecule has 1 aliphatic heterocycles. The molecule has 1 unspecified atom stereocenters. The van der Waals surface area contributed by atoms with E-state index in [1.54, 1.807) is 29.6 Å². The monoisotopic (exact) mass is 343 g/mol. The Labute approximate surface area is 145 Å². The number of hydrogen-bond acceptors (Lipinski definition) is 4. The van der Waals surface area contributed by atoms with Gasteiger partial charge in [0.15, 0.2) is 0 Å². The van der Waals surface area contributed by atoms with Crippen molar-refractivity contribution in [2.45, 2.75) is 12.8 Å². The number of amides is 2. The van der Waals surface area contributed by atoms with Crippen LogP contribution in [0, 0.1) is 5.92 Å². The van der Waals surface area contributed by atoms with E-state index in [0.29, 0.717) is 29.3 Å². The third kappa shape index (κ3) is 4.21. The second-order valence-electron chi connectivity index (χ2n) is 5.93. The molecule has 0 bridgehead atoms. The summed E-state index contributed by atoms with van der Waals surface area (Å²) in [6.45, 7) is 2.65. The van der Waals surface area contributed by atoms with Gasteiger partial charge in [0.2, 0.25) is 0 Å². The van der Waals surface area contributed by atoms with Crippen molar-refractivity contribution in [3.8, 4) is 0 Å². The summed E-state index contributed by atoms with van der Waals surface area (Å²) in [4.78, 5) is 24.7. The lowest BCUT2D eigenvalue weighted by atomic mass is 9.99. The van der Waals surface area contributed by atoms with Crippen molar-refractivity contribution in [3.63, 3.8) is 0 Å². The maximum atomic E-state index is 12.5. The van der Waals surface area contributed by atoms with Crippen molar-refractivity contribution < 1.29 is 9.59 Å². The Kier molecular flexibility index (Phi) is 5.61. The third-order valence-corrected chi connectivity index (χ3v) is 4.84. The number of hydrogen-bond donors (Lipinski definition) is 3. The first-order chi connectivity index (χ1) is 11.7. The van der Waals surface area contributed by atoms with E-state index in [1.807, 2.05) is 11.4 Å². The van der Waals surface area contributed by atoms with E-state index < -0.39 is 0 Å². The Morgan fingerprint density at radius 3 is 2.83 bits per heavy atom. The van der Waals surface area contributed by atoms with Crippen LogP contribution in [-0.4, -0.2) is 31.4 Å². The summed E-state index contributed by atoms with van der Waals surface area (Å²) in [6.07, 6.45) is 2.28. The van der Waals surface area contributed by atoms with Gasteiger partial charge in [-0.05, 0) is 55.4 Å². The van der Waals surface area contributed by atoms with Crippen molar-refractivity contribution in [1.29, 1.82) is 0 Å². The fourth-order valence-electron chi connectivity index (χ4n) is 2.81.